The van der Waals surface area contributed by atoms with Crippen LogP contribution in [0.1, 0.15) is 0 Å². The lowest BCUT2D eigenvalue weighted by Gasteiger charge is -2.08. The van der Waals surface area contributed by atoms with E-state index in [2.05, 4.69) is 15.9 Å². The van der Waals surface area contributed by atoms with E-state index < -0.39 is 17.7 Å². The maximum Gasteiger partial charge on any atom is 0.372 e. The second kappa shape index (κ2) is 5.70. The van der Waals surface area contributed by atoms with Gasteiger partial charge >= 0.3 is 11.9 Å². The van der Waals surface area contributed by atoms with E-state index in [0.717, 1.165) is 0 Å². The molecule has 1 aromatic rings. The van der Waals surface area contributed by atoms with E-state index in [1.807, 2.05) is 0 Å². The Bertz CT molecular complexity index is 497. The maximum absolute atomic E-state index is 10.7. The first-order valence-electron chi connectivity index (χ1n) is 4.21. The lowest BCUT2D eigenvalue weighted by Crippen LogP contribution is -2.10. The van der Waals surface area contributed by atoms with Crippen molar-refractivity contribution in [2.75, 3.05) is 0 Å². The van der Waals surface area contributed by atoms with Gasteiger partial charge in [-0.2, -0.15) is 0 Å². The van der Waals surface area contributed by atoms with Gasteiger partial charge in [-0.1, -0.05) is 17.7 Å². The van der Waals surface area contributed by atoms with Gasteiger partial charge in [0.2, 0.25) is 5.76 Å². The summed E-state index contributed by atoms with van der Waals surface area (Å²) in [6.07, 6.45) is 0.454. The van der Waals surface area contributed by atoms with Gasteiger partial charge in [0.15, 0.2) is 0 Å². The van der Waals surface area contributed by atoms with Crippen LogP contribution in [-0.2, 0) is 9.59 Å². The monoisotopic (exact) mass is 320 g/mol. The van der Waals surface area contributed by atoms with Crippen LogP contribution >= 0.6 is 27.5 Å². The maximum atomic E-state index is 10.7. The van der Waals surface area contributed by atoms with Crippen molar-refractivity contribution in [3.8, 4) is 5.75 Å². The van der Waals surface area contributed by atoms with Crippen molar-refractivity contribution in [2.45, 2.75) is 0 Å². The molecule has 1 rings (SSSR count). The summed E-state index contributed by atoms with van der Waals surface area (Å²) in [5.74, 6) is -3.49. The summed E-state index contributed by atoms with van der Waals surface area (Å²) in [7, 11) is 0. The fourth-order valence-corrected chi connectivity index (χ4v) is 1.44. The minimum Gasteiger partial charge on any atom is -0.478 e. The average Bonchev–Trinajstić information content (AvgIpc) is 2.22. The molecular formula is C10H6BrClO5. The van der Waals surface area contributed by atoms with E-state index in [9.17, 15) is 9.59 Å². The summed E-state index contributed by atoms with van der Waals surface area (Å²) < 4.78 is 5.29. The van der Waals surface area contributed by atoms with Crippen molar-refractivity contribution in [1.29, 1.82) is 0 Å². The second-order valence-corrected chi connectivity index (χ2v) is 4.01. The first-order valence-corrected chi connectivity index (χ1v) is 5.38. The molecule has 0 unspecified atom stereocenters. The Labute approximate surface area is 109 Å². The molecule has 0 radical (unpaired) electrons. The molecule has 2 N–H and O–H groups in total. The zero-order valence-electron chi connectivity index (χ0n) is 8.18. The Hall–Kier alpha value is -1.53. The molecule has 0 amide bonds. The third kappa shape index (κ3) is 3.76. The molecule has 0 aliphatic carbocycles. The Balaban J connectivity index is 3.07. The average molecular weight is 322 g/mol. The summed E-state index contributed by atoms with van der Waals surface area (Å²) in [4.78, 5) is 21.1. The van der Waals surface area contributed by atoms with Crippen LogP contribution in [0.2, 0.25) is 5.02 Å². The number of carboxylic acid groups (broad SMARTS) is 2. The molecule has 0 spiro atoms. The number of benzene rings is 1. The number of aliphatic carboxylic acids is 2. The van der Waals surface area contributed by atoms with Gasteiger partial charge in [0.25, 0.3) is 0 Å². The third-order valence-electron chi connectivity index (χ3n) is 1.60. The third-order valence-corrected chi connectivity index (χ3v) is 2.96. The van der Waals surface area contributed by atoms with E-state index in [-0.39, 0.29) is 5.75 Å². The predicted molar refractivity (Wildman–Crippen MR) is 63.1 cm³/mol. The summed E-state index contributed by atoms with van der Waals surface area (Å²) in [6, 6.07) is 4.57. The summed E-state index contributed by atoms with van der Waals surface area (Å²) in [5.41, 5.74) is 0. The quantitative estimate of drug-likeness (QED) is 0.657. The van der Waals surface area contributed by atoms with Gasteiger partial charge in [0, 0.05) is 0 Å². The van der Waals surface area contributed by atoms with Gasteiger partial charge in [0.1, 0.15) is 5.75 Å². The van der Waals surface area contributed by atoms with Crippen molar-refractivity contribution >= 4 is 39.5 Å². The molecule has 0 saturated heterocycles. The predicted octanol–water partition coefficient (Wildman–Crippen LogP) is 2.53. The Kier molecular flexibility index (Phi) is 4.53. The van der Waals surface area contributed by atoms with Crippen LogP contribution in [0.5, 0.6) is 5.75 Å². The molecule has 0 aliphatic rings. The molecule has 0 bridgehead atoms. The topological polar surface area (TPSA) is 83.8 Å². The molecule has 5 nitrogen and oxygen atoms in total. The summed E-state index contributed by atoms with van der Waals surface area (Å²) in [5, 5.41) is 17.5. The second-order valence-electron chi connectivity index (χ2n) is 2.81. The molecule has 90 valence electrons. The first-order chi connectivity index (χ1) is 7.91. The van der Waals surface area contributed by atoms with Gasteiger partial charge in [-0.25, -0.2) is 9.59 Å². The van der Waals surface area contributed by atoms with Crippen molar-refractivity contribution in [2.24, 2.45) is 0 Å². The van der Waals surface area contributed by atoms with Crippen molar-refractivity contribution in [1.82, 2.24) is 0 Å². The minimum absolute atomic E-state index is 0.118. The highest BCUT2D eigenvalue weighted by molar-refractivity contribution is 9.10. The number of carboxylic acids is 2. The highest BCUT2D eigenvalue weighted by atomic mass is 79.9. The van der Waals surface area contributed by atoms with E-state index in [1.165, 1.54) is 6.07 Å². The molecule has 17 heavy (non-hydrogen) atoms. The van der Waals surface area contributed by atoms with Crippen molar-refractivity contribution in [3.05, 3.63) is 39.5 Å². The first kappa shape index (κ1) is 13.5. The number of hydrogen-bond donors (Lipinski definition) is 2. The molecule has 0 aromatic heterocycles. The zero-order chi connectivity index (χ0) is 13.0. The highest BCUT2D eigenvalue weighted by Crippen LogP contribution is 2.32. The molecule has 0 saturated carbocycles. The van der Waals surface area contributed by atoms with E-state index in [0.29, 0.717) is 15.6 Å². The summed E-state index contributed by atoms with van der Waals surface area (Å²) >= 11 is 8.87. The number of halogens is 2. The standard InChI is InChI=1S/C10H6BrClO5/c11-9-5(12)2-1-3-6(9)17-7(10(15)16)4-8(13)14/h1-4H,(H,13,14)(H,15,16)/b7-4-. The summed E-state index contributed by atoms with van der Waals surface area (Å²) in [6.45, 7) is 0. The van der Waals surface area contributed by atoms with Gasteiger partial charge in [-0.05, 0) is 28.1 Å². The van der Waals surface area contributed by atoms with Crippen LogP contribution in [0.25, 0.3) is 0 Å². The smallest absolute Gasteiger partial charge is 0.372 e. The lowest BCUT2D eigenvalue weighted by atomic mass is 10.3. The zero-order valence-corrected chi connectivity index (χ0v) is 10.5. The van der Waals surface area contributed by atoms with E-state index >= 15 is 0 Å². The number of hydrogen-bond acceptors (Lipinski definition) is 3. The van der Waals surface area contributed by atoms with Gasteiger partial charge in [-0.15, -0.1) is 0 Å². The van der Waals surface area contributed by atoms with Crippen molar-refractivity contribution < 1.29 is 24.5 Å². The van der Waals surface area contributed by atoms with E-state index in [4.69, 9.17) is 26.6 Å². The Morgan fingerprint density at radius 2 is 2.00 bits per heavy atom. The van der Waals surface area contributed by atoms with Crippen LogP contribution in [0.15, 0.2) is 34.5 Å². The SMILES string of the molecule is O=C(O)/C=C(\Oc1cccc(Cl)c1Br)C(=O)O. The molecule has 0 fully saturated rings. The molecule has 0 atom stereocenters. The van der Waals surface area contributed by atoms with Crippen LogP contribution in [0.4, 0.5) is 0 Å². The molecule has 0 heterocycles. The Morgan fingerprint density at radius 3 is 2.53 bits per heavy atom. The fourth-order valence-electron chi connectivity index (χ4n) is 0.928. The number of carbonyl (C=O) groups is 2. The molecular weight excluding hydrogens is 315 g/mol. The normalized spacial score (nSPS) is 11.1. The lowest BCUT2D eigenvalue weighted by molar-refractivity contribution is -0.137. The van der Waals surface area contributed by atoms with E-state index in [1.54, 1.807) is 12.1 Å². The largest absolute Gasteiger partial charge is 0.478 e. The van der Waals surface area contributed by atoms with Gasteiger partial charge in [-0.3, -0.25) is 0 Å². The van der Waals surface area contributed by atoms with Gasteiger partial charge < -0.3 is 14.9 Å². The van der Waals surface area contributed by atoms with Crippen LogP contribution in [0, 0.1) is 0 Å². The molecule has 1 aromatic carbocycles. The number of rotatable bonds is 4. The van der Waals surface area contributed by atoms with Crippen LogP contribution in [-0.4, -0.2) is 22.2 Å². The fraction of sp³-hybridized carbons (Fsp3) is 0. The Morgan fingerprint density at radius 1 is 1.35 bits per heavy atom. The molecule has 7 heteroatoms. The van der Waals surface area contributed by atoms with Gasteiger partial charge in [0.05, 0.1) is 15.6 Å². The van der Waals surface area contributed by atoms with Crippen LogP contribution < -0.4 is 4.74 Å². The minimum atomic E-state index is -1.49. The number of ether oxygens (including phenoxy) is 1. The molecule has 0 aliphatic heterocycles. The van der Waals surface area contributed by atoms with Crippen molar-refractivity contribution in [3.63, 3.8) is 0 Å². The van der Waals surface area contributed by atoms with Crippen LogP contribution in [0.3, 0.4) is 0 Å². The highest BCUT2D eigenvalue weighted by Gasteiger charge is 2.15.